The molecule has 2 aromatic carbocycles. The van der Waals surface area contributed by atoms with Crippen LogP contribution in [0.4, 0.5) is 0 Å². The zero-order valence-electron chi connectivity index (χ0n) is 15.8. The average molecular weight is 409 g/mol. The molecule has 0 unspecified atom stereocenters. The molecule has 1 aliphatic rings. The van der Waals surface area contributed by atoms with E-state index in [9.17, 15) is 0 Å². The van der Waals surface area contributed by atoms with E-state index in [1.807, 2.05) is 0 Å². The third-order valence-corrected chi connectivity index (χ3v) is 5.02. The van der Waals surface area contributed by atoms with E-state index in [1.165, 1.54) is 65.5 Å². The number of hydrogen-bond donors (Lipinski definition) is 0. The number of fused-ring (bicyclic) bond motifs is 1. The van der Waals surface area contributed by atoms with Crippen LogP contribution in [0.25, 0.3) is 17.2 Å². The van der Waals surface area contributed by atoms with Crippen LogP contribution in [-0.2, 0) is 26.2 Å². The third kappa shape index (κ3) is 5.04. The van der Waals surface area contributed by atoms with Crippen LogP contribution in [0.5, 0.6) is 0 Å². The normalized spacial score (nSPS) is 12.7. The quantitative estimate of drug-likeness (QED) is 0.419. The van der Waals surface area contributed by atoms with Gasteiger partial charge in [0.2, 0.25) is 0 Å². The number of hydrogen-bond acceptors (Lipinski definition) is 0. The minimum atomic E-state index is 0. The molecule has 0 saturated carbocycles. The molecule has 0 N–H and O–H groups in total. The van der Waals surface area contributed by atoms with Gasteiger partial charge in [-0.15, -0.1) is 0 Å². The van der Waals surface area contributed by atoms with E-state index in [2.05, 4.69) is 75.7 Å². The van der Waals surface area contributed by atoms with E-state index in [4.69, 9.17) is 0 Å². The summed E-state index contributed by atoms with van der Waals surface area (Å²) in [4.78, 5) is 0. The third-order valence-electron chi connectivity index (χ3n) is 5.02. The van der Waals surface area contributed by atoms with Crippen molar-refractivity contribution in [2.75, 3.05) is 0 Å². The van der Waals surface area contributed by atoms with Crippen molar-refractivity contribution in [3.8, 4) is 11.1 Å². The van der Waals surface area contributed by atoms with E-state index in [1.54, 1.807) is 0 Å². The molecule has 1 heteroatoms. The average Bonchev–Trinajstić information content (AvgIpc) is 3.01. The Morgan fingerprint density at radius 3 is 2.32 bits per heavy atom. The van der Waals surface area contributed by atoms with Crippen molar-refractivity contribution in [1.82, 2.24) is 0 Å². The molecule has 1 aliphatic carbocycles. The number of benzene rings is 2. The van der Waals surface area contributed by atoms with Crippen LogP contribution in [0.2, 0.25) is 0 Å². The van der Waals surface area contributed by atoms with E-state index >= 15 is 0 Å². The molecule has 0 spiro atoms. The van der Waals surface area contributed by atoms with Crippen LogP contribution < -0.4 is 0 Å². The van der Waals surface area contributed by atoms with Crippen LogP contribution in [-0.4, -0.2) is 0 Å². The second-order valence-electron chi connectivity index (χ2n) is 7.26. The second kappa shape index (κ2) is 9.68. The summed E-state index contributed by atoms with van der Waals surface area (Å²) < 4.78 is 0. The van der Waals surface area contributed by atoms with Gasteiger partial charge >= 0.3 is 0 Å². The zero-order chi connectivity index (χ0) is 16.9. The van der Waals surface area contributed by atoms with Gasteiger partial charge in [-0.2, -0.15) is 0 Å². The standard InChI is InChI=1S/C24H29.Zr/c1-4-5-6-7-9-19-16-22-10-8-11-23(24(22)17-19)21-14-12-20(13-15-21)18(2)3;/h8,10-18H,4-7,9H2,1-3H3;. The van der Waals surface area contributed by atoms with Crippen molar-refractivity contribution in [3.05, 3.63) is 71.1 Å². The van der Waals surface area contributed by atoms with Gasteiger partial charge in [-0.25, -0.2) is 0 Å². The number of unbranched alkanes of at least 4 members (excludes halogenated alkanes) is 3. The van der Waals surface area contributed by atoms with Crippen molar-refractivity contribution in [1.29, 1.82) is 0 Å². The second-order valence-corrected chi connectivity index (χ2v) is 7.26. The predicted molar refractivity (Wildman–Crippen MR) is 106 cm³/mol. The summed E-state index contributed by atoms with van der Waals surface area (Å²) in [7, 11) is 0. The van der Waals surface area contributed by atoms with Gasteiger partial charge in [-0.1, -0.05) is 94.1 Å². The molecule has 0 amide bonds. The molecule has 1 radical (unpaired) electrons. The first-order valence-electron chi connectivity index (χ1n) is 9.47. The molecule has 129 valence electrons. The maximum atomic E-state index is 2.41. The van der Waals surface area contributed by atoms with Crippen molar-refractivity contribution in [3.63, 3.8) is 0 Å². The fourth-order valence-corrected chi connectivity index (χ4v) is 3.50. The predicted octanol–water partition coefficient (Wildman–Crippen LogP) is 7.39. The molecule has 0 nitrogen and oxygen atoms in total. The minimum Gasteiger partial charge on any atom is -0.0654 e. The summed E-state index contributed by atoms with van der Waals surface area (Å²) in [5, 5.41) is 0. The zero-order valence-corrected chi connectivity index (χ0v) is 18.3. The maximum absolute atomic E-state index is 2.41. The molecular weight excluding hydrogens is 379 g/mol. The maximum Gasteiger partial charge on any atom is 0.0164 e. The summed E-state index contributed by atoms with van der Waals surface area (Å²) in [6.45, 7) is 6.77. The molecule has 0 atom stereocenters. The van der Waals surface area contributed by atoms with Crippen LogP contribution in [0.1, 0.15) is 75.5 Å². The van der Waals surface area contributed by atoms with Crippen molar-refractivity contribution < 1.29 is 26.2 Å². The summed E-state index contributed by atoms with van der Waals surface area (Å²) in [5.74, 6) is 0.587. The van der Waals surface area contributed by atoms with Gasteiger partial charge in [-0.05, 0) is 46.6 Å². The first-order chi connectivity index (χ1) is 11.7. The summed E-state index contributed by atoms with van der Waals surface area (Å²) in [5.41, 5.74) is 8.37. The Kier molecular flexibility index (Phi) is 7.89. The molecule has 25 heavy (non-hydrogen) atoms. The van der Waals surface area contributed by atoms with E-state index in [-0.39, 0.29) is 26.2 Å². The van der Waals surface area contributed by atoms with Crippen LogP contribution >= 0.6 is 0 Å². The smallest absolute Gasteiger partial charge is 0.0164 e. The molecule has 0 aliphatic heterocycles. The van der Waals surface area contributed by atoms with Crippen molar-refractivity contribution in [2.45, 2.75) is 58.8 Å². The first-order valence-corrected chi connectivity index (χ1v) is 9.47. The van der Waals surface area contributed by atoms with Crippen molar-refractivity contribution >= 4 is 6.08 Å². The number of rotatable bonds is 7. The summed E-state index contributed by atoms with van der Waals surface area (Å²) in [6.07, 6.45) is 11.3. The summed E-state index contributed by atoms with van der Waals surface area (Å²) >= 11 is 0. The van der Waals surface area contributed by atoms with Gasteiger partial charge in [0.15, 0.2) is 0 Å². The SMILES string of the molecule is CCCCCCC1=Cc2c(cccc2-c2ccc(C(C)C)cc2)[CH]1.[Zr]. The Balaban J connectivity index is 0.00000225. The van der Waals surface area contributed by atoms with Gasteiger partial charge in [-0.3, -0.25) is 0 Å². The fraction of sp³-hybridized carbons (Fsp3) is 0.375. The Labute approximate surface area is 172 Å². The Hall–Kier alpha value is -0.937. The van der Waals surface area contributed by atoms with Gasteiger partial charge in [0.05, 0.1) is 0 Å². The van der Waals surface area contributed by atoms with E-state index in [0.29, 0.717) is 5.92 Å². The fourth-order valence-electron chi connectivity index (χ4n) is 3.50. The summed E-state index contributed by atoms with van der Waals surface area (Å²) in [6, 6.07) is 15.8. The molecule has 0 heterocycles. The molecule has 0 bridgehead atoms. The number of allylic oxidation sites excluding steroid dienone is 1. The van der Waals surface area contributed by atoms with Gasteiger partial charge < -0.3 is 0 Å². The molecule has 2 aromatic rings. The van der Waals surface area contributed by atoms with Gasteiger partial charge in [0.1, 0.15) is 0 Å². The van der Waals surface area contributed by atoms with E-state index in [0.717, 1.165) is 0 Å². The Morgan fingerprint density at radius 2 is 1.64 bits per heavy atom. The molecule has 0 fully saturated rings. The van der Waals surface area contributed by atoms with Crippen molar-refractivity contribution in [2.24, 2.45) is 0 Å². The van der Waals surface area contributed by atoms with Gasteiger partial charge in [0.25, 0.3) is 0 Å². The molecule has 0 saturated heterocycles. The Bertz CT molecular complexity index is 707. The molecule has 0 aromatic heterocycles. The van der Waals surface area contributed by atoms with Gasteiger partial charge in [0, 0.05) is 32.6 Å². The van der Waals surface area contributed by atoms with Crippen LogP contribution in [0.15, 0.2) is 48.0 Å². The topological polar surface area (TPSA) is 0 Å². The Morgan fingerprint density at radius 1 is 0.880 bits per heavy atom. The van der Waals surface area contributed by atoms with Crippen LogP contribution in [0.3, 0.4) is 0 Å². The monoisotopic (exact) mass is 407 g/mol. The molecular formula is C24H29Zr. The molecule has 3 rings (SSSR count). The minimum absolute atomic E-state index is 0. The van der Waals surface area contributed by atoms with E-state index < -0.39 is 0 Å². The van der Waals surface area contributed by atoms with Crippen LogP contribution in [0, 0.1) is 6.42 Å². The first kappa shape index (κ1) is 20.4. The largest absolute Gasteiger partial charge is 0.0654 e.